The summed E-state index contributed by atoms with van der Waals surface area (Å²) in [6, 6.07) is 7.50. The number of rotatable bonds is 3. The summed E-state index contributed by atoms with van der Waals surface area (Å²) in [5.74, 6) is 0. The first-order chi connectivity index (χ1) is 12.5. The Morgan fingerprint density at radius 1 is 1.19 bits per heavy atom. The molecule has 3 heterocycles. The summed E-state index contributed by atoms with van der Waals surface area (Å²) in [5, 5.41) is 12.7. The van der Waals surface area contributed by atoms with E-state index in [1.165, 1.54) is 0 Å². The minimum atomic E-state index is -0.289. The monoisotopic (exact) mass is 463 g/mol. The molecule has 0 atom stereocenters. The molecule has 4 rings (SSSR count). The van der Waals surface area contributed by atoms with Gasteiger partial charge in [-0.15, -0.1) is 0 Å². The zero-order valence-corrected chi connectivity index (χ0v) is 16.4. The third kappa shape index (κ3) is 3.14. The number of halogens is 1. The Balaban J connectivity index is 1.74. The lowest BCUT2D eigenvalue weighted by atomic mass is 10.0. The number of anilines is 1. The number of pyridine rings is 1. The third-order valence-corrected chi connectivity index (χ3v) is 5.72. The molecular weight excluding hydrogens is 445 g/mol. The number of aromatic amines is 1. The largest absolute Gasteiger partial charge is 0.363 e. The van der Waals surface area contributed by atoms with Crippen LogP contribution in [0.15, 0.2) is 36.7 Å². The summed E-state index contributed by atoms with van der Waals surface area (Å²) < 4.78 is 1.08. The van der Waals surface area contributed by atoms with Gasteiger partial charge in [0.15, 0.2) is 0 Å². The Kier molecular flexibility index (Phi) is 4.53. The Labute approximate surface area is 164 Å². The van der Waals surface area contributed by atoms with Gasteiger partial charge in [-0.05, 0) is 47.3 Å². The molecule has 0 radical (unpaired) electrons. The second kappa shape index (κ2) is 6.84. The molecule has 0 aliphatic carbocycles. The van der Waals surface area contributed by atoms with Gasteiger partial charge in [-0.25, -0.2) is 4.98 Å². The number of hydrogen-bond acceptors (Lipinski definition) is 5. The van der Waals surface area contributed by atoms with Gasteiger partial charge >= 0.3 is 0 Å². The minimum Gasteiger partial charge on any atom is -0.363 e. The number of likely N-dealkylation sites (N-methyl/N-ethyl adjacent to an activating group) is 1. The molecular formula is C18H18IN5O2. The number of nitrogens with one attached hydrogen (secondary N) is 1. The Morgan fingerprint density at radius 3 is 2.69 bits per heavy atom. The van der Waals surface area contributed by atoms with Gasteiger partial charge < -0.3 is 14.8 Å². The smallest absolute Gasteiger partial charge is 0.293 e. The van der Waals surface area contributed by atoms with Crippen LogP contribution in [0.5, 0.6) is 0 Å². The maximum Gasteiger partial charge on any atom is 0.293 e. The molecule has 0 amide bonds. The van der Waals surface area contributed by atoms with E-state index in [1.54, 1.807) is 12.3 Å². The highest BCUT2D eigenvalue weighted by Crippen LogP contribution is 2.34. The number of hydrogen-bond donors (Lipinski definition) is 1. The predicted molar refractivity (Wildman–Crippen MR) is 111 cm³/mol. The fraction of sp³-hybridized carbons (Fsp3) is 0.278. The summed E-state index contributed by atoms with van der Waals surface area (Å²) in [4.78, 5) is 23.3. The zero-order valence-electron chi connectivity index (χ0n) is 14.3. The Hall–Kier alpha value is -2.20. The summed E-state index contributed by atoms with van der Waals surface area (Å²) in [5.41, 5.74) is 3.35. The molecule has 26 heavy (non-hydrogen) atoms. The van der Waals surface area contributed by atoms with E-state index in [0.29, 0.717) is 5.69 Å². The van der Waals surface area contributed by atoms with Crippen molar-refractivity contribution in [3.8, 4) is 11.1 Å². The molecule has 134 valence electrons. The van der Waals surface area contributed by atoms with Crippen molar-refractivity contribution in [2.24, 2.45) is 0 Å². The highest BCUT2D eigenvalue weighted by molar-refractivity contribution is 14.1. The number of benzene rings is 1. The van der Waals surface area contributed by atoms with Crippen molar-refractivity contribution in [2.45, 2.75) is 0 Å². The molecule has 7 nitrogen and oxygen atoms in total. The number of fused-ring (bicyclic) bond motifs is 1. The third-order valence-electron chi connectivity index (χ3n) is 4.83. The molecule has 1 N–H and O–H groups in total. The van der Waals surface area contributed by atoms with Crippen LogP contribution < -0.4 is 4.90 Å². The van der Waals surface area contributed by atoms with Crippen LogP contribution in [0.2, 0.25) is 0 Å². The van der Waals surface area contributed by atoms with Crippen LogP contribution in [0.4, 0.5) is 11.4 Å². The fourth-order valence-corrected chi connectivity index (χ4v) is 3.86. The molecule has 3 aromatic rings. The van der Waals surface area contributed by atoms with Crippen molar-refractivity contribution in [3.05, 3.63) is 50.3 Å². The highest BCUT2D eigenvalue weighted by atomic mass is 127. The maximum atomic E-state index is 11.7. The topological polar surface area (TPSA) is 78.3 Å². The van der Waals surface area contributed by atoms with Crippen molar-refractivity contribution in [1.82, 2.24) is 14.9 Å². The lowest BCUT2D eigenvalue weighted by Crippen LogP contribution is -2.44. The minimum absolute atomic E-state index is 0.149. The lowest BCUT2D eigenvalue weighted by molar-refractivity contribution is -0.384. The predicted octanol–water partition coefficient (Wildman–Crippen LogP) is 3.49. The molecule has 8 heteroatoms. The molecule has 1 aromatic carbocycles. The van der Waals surface area contributed by atoms with Crippen LogP contribution in [0.3, 0.4) is 0 Å². The number of H-pyrrole nitrogens is 1. The van der Waals surface area contributed by atoms with E-state index in [-0.39, 0.29) is 10.6 Å². The van der Waals surface area contributed by atoms with Crippen molar-refractivity contribution in [1.29, 1.82) is 0 Å². The normalized spacial score (nSPS) is 15.5. The Bertz CT molecular complexity index is 979. The van der Waals surface area contributed by atoms with Crippen LogP contribution >= 0.6 is 22.6 Å². The molecule has 0 bridgehead atoms. The van der Waals surface area contributed by atoms with E-state index in [1.807, 2.05) is 24.4 Å². The number of nitro groups is 1. The number of aromatic nitrogens is 2. The van der Waals surface area contributed by atoms with Crippen LogP contribution in [0, 0.1) is 13.7 Å². The first-order valence-electron chi connectivity index (χ1n) is 8.38. The molecule has 1 aliphatic heterocycles. The average Bonchev–Trinajstić information content (AvgIpc) is 3.02. The first kappa shape index (κ1) is 17.2. The van der Waals surface area contributed by atoms with Gasteiger partial charge in [0, 0.05) is 59.2 Å². The van der Waals surface area contributed by atoms with Gasteiger partial charge in [-0.1, -0.05) is 6.07 Å². The SMILES string of the molecule is CN1CCN(c2ccc(-c3cnc4[nH]cc(I)c4c3)cc2[N+](=O)[O-])CC1. The molecule has 0 saturated carbocycles. The van der Waals surface area contributed by atoms with Crippen molar-refractivity contribution < 1.29 is 4.92 Å². The van der Waals surface area contributed by atoms with Crippen LogP contribution in [-0.4, -0.2) is 53.0 Å². The van der Waals surface area contributed by atoms with Gasteiger partial charge in [0.25, 0.3) is 5.69 Å². The summed E-state index contributed by atoms with van der Waals surface area (Å²) in [6.45, 7) is 3.41. The standard InChI is InChI=1S/C18H18IN5O2/c1-22-4-6-23(7-5-22)16-3-2-12(9-17(16)24(25)26)13-8-14-15(19)11-21-18(14)20-10-13/h2-3,8-11H,4-7H2,1H3,(H,20,21). The van der Waals surface area contributed by atoms with Gasteiger partial charge in [0.05, 0.1) is 4.92 Å². The quantitative estimate of drug-likeness (QED) is 0.366. The van der Waals surface area contributed by atoms with E-state index in [2.05, 4.69) is 49.4 Å². The van der Waals surface area contributed by atoms with Crippen LogP contribution in [-0.2, 0) is 0 Å². The molecule has 1 fully saturated rings. The maximum absolute atomic E-state index is 11.7. The van der Waals surface area contributed by atoms with Crippen molar-refractivity contribution in [2.75, 3.05) is 38.1 Å². The lowest BCUT2D eigenvalue weighted by Gasteiger charge is -2.33. The van der Waals surface area contributed by atoms with E-state index < -0.39 is 0 Å². The van der Waals surface area contributed by atoms with E-state index in [4.69, 9.17) is 0 Å². The second-order valence-corrected chi connectivity index (χ2v) is 7.67. The fourth-order valence-electron chi connectivity index (χ4n) is 3.29. The zero-order chi connectivity index (χ0) is 18.3. The second-order valence-electron chi connectivity index (χ2n) is 6.51. The summed E-state index contributed by atoms with van der Waals surface area (Å²) in [7, 11) is 2.07. The van der Waals surface area contributed by atoms with Gasteiger partial charge in [0.1, 0.15) is 11.3 Å². The molecule has 2 aromatic heterocycles. The van der Waals surface area contributed by atoms with Crippen LogP contribution in [0.1, 0.15) is 0 Å². The highest BCUT2D eigenvalue weighted by Gasteiger charge is 2.23. The number of nitro benzene ring substituents is 1. The number of nitrogens with zero attached hydrogens (tertiary/aromatic N) is 4. The van der Waals surface area contributed by atoms with Gasteiger partial charge in [0.2, 0.25) is 0 Å². The summed E-state index contributed by atoms with van der Waals surface area (Å²) >= 11 is 2.25. The van der Waals surface area contributed by atoms with Gasteiger partial charge in [-0.3, -0.25) is 10.1 Å². The first-order valence-corrected chi connectivity index (χ1v) is 9.46. The average molecular weight is 463 g/mol. The number of piperazine rings is 1. The van der Waals surface area contributed by atoms with E-state index in [9.17, 15) is 10.1 Å². The van der Waals surface area contributed by atoms with E-state index >= 15 is 0 Å². The van der Waals surface area contributed by atoms with Crippen molar-refractivity contribution >= 4 is 45.0 Å². The van der Waals surface area contributed by atoms with Crippen LogP contribution in [0.25, 0.3) is 22.2 Å². The summed E-state index contributed by atoms with van der Waals surface area (Å²) in [6.07, 6.45) is 3.66. The molecule has 0 unspecified atom stereocenters. The van der Waals surface area contributed by atoms with Crippen molar-refractivity contribution in [3.63, 3.8) is 0 Å². The molecule has 1 aliphatic rings. The molecule has 1 saturated heterocycles. The van der Waals surface area contributed by atoms with E-state index in [0.717, 1.165) is 51.9 Å². The Morgan fingerprint density at radius 2 is 1.96 bits per heavy atom. The van der Waals surface area contributed by atoms with Gasteiger partial charge in [-0.2, -0.15) is 0 Å². The molecule has 0 spiro atoms.